The summed E-state index contributed by atoms with van der Waals surface area (Å²) < 4.78 is 4.70. The summed E-state index contributed by atoms with van der Waals surface area (Å²) >= 11 is -1.60. The van der Waals surface area contributed by atoms with Crippen LogP contribution in [0.3, 0.4) is 0 Å². The average molecular weight is 457 g/mol. The van der Waals surface area contributed by atoms with Crippen LogP contribution >= 0.6 is 0 Å². The van der Waals surface area contributed by atoms with E-state index in [0.29, 0.717) is 0 Å². The molecular weight excluding hydrogens is 438 g/mol. The fraction of sp³-hybridized carbons (Fsp3) is 0.250. The molecule has 0 aliphatic rings. The number of benzene rings is 2. The van der Waals surface area contributed by atoms with Crippen LogP contribution in [0.1, 0.15) is 19.8 Å². The Labute approximate surface area is 135 Å². The molecule has 0 fully saturated rings. The Morgan fingerprint density at radius 3 is 1.61 bits per heavy atom. The summed E-state index contributed by atoms with van der Waals surface area (Å²) in [5, 5.41) is 0. The molecule has 0 nitrogen and oxygen atoms in total. The molecule has 0 saturated carbocycles. The topological polar surface area (TPSA) is 0 Å². The van der Waals surface area contributed by atoms with E-state index in [1.807, 2.05) is 0 Å². The van der Waals surface area contributed by atoms with Gasteiger partial charge in [-0.2, -0.15) is 0 Å². The van der Waals surface area contributed by atoms with Crippen molar-refractivity contribution < 1.29 is 24.0 Å². The Kier molecular flexibility index (Phi) is 7.98. The van der Waals surface area contributed by atoms with Crippen molar-refractivity contribution in [2.75, 3.05) is 0 Å². The van der Waals surface area contributed by atoms with Crippen LogP contribution in [0.25, 0.3) is 0 Å². The number of hydrogen-bond acceptors (Lipinski definition) is 0. The van der Waals surface area contributed by atoms with Crippen LogP contribution in [0, 0.1) is 0 Å². The van der Waals surface area contributed by atoms with Crippen molar-refractivity contribution in [1.29, 1.82) is 0 Å². The number of hydrogen-bond donors (Lipinski definition) is 0. The van der Waals surface area contributed by atoms with E-state index in [-0.39, 0.29) is 24.0 Å². The standard InChI is InChI=1S/2C6H5.C4H9.HI.Sn/c2*1-2-4-6-5-3-1;1-3-4-2;;/h2*1-5H;1,3-4H2,2H3;1H;/q;;;;+1/p-1. The summed E-state index contributed by atoms with van der Waals surface area (Å²) in [7, 11) is 0. The minimum atomic E-state index is -1.60. The zero-order valence-electron chi connectivity index (χ0n) is 10.8. The Morgan fingerprint density at radius 1 is 0.778 bits per heavy atom. The fourth-order valence-electron chi connectivity index (χ4n) is 2.09. The molecule has 0 aliphatic heterocycles. The van der Waals surface area contributed by atoms with E-state index in [2.05, 4.69) is 67.6 Å². The predicted octanol–water partition coefficient (Wildman–Crippen LogP) is 0.0997. The summed E-state index contributed by atoms with van der Waals surface area (Å²) in [4.78, 5) is 0. The van der Waals surface area contributed by atoms with Crippen molar-refractivity contribution >= 4 is 26.9 Å². The molecule has 0 atom stereocenters. The Morgan fingerprint density at radius 2 is 1.22 bits per heavy atom. The molecule has 0 N–H and O–H groups in total. The van der Waals surface area contributed by atoms with E-state index < -0.39 is 19.8 Å². The van der Waals surface area contributed by atoms with Gasteiger partial charge >= 0.3 is 112 Å². The SMILES string of the molecule is CCC[CH2][Sn+]([c]1ccccc1)[c]1ccccc1.[I-]. The zero-order valence-corrected chi connectivity index (χ0v) is 15.8. The molecule has 18 heavy (non-hydrogen) atoms. The molecule has 94 valence electrons. The van der Waals surface area contributed by atoms with Crippen LogP contribution < -0.4 is 31.1 Å². The molecule has 0 bridgehead atoms. The maximum absolute atomic E-state index is 2.33. The second kappa shape index (κ2) is 8.97. The van der Waals surface area contributed by atoms with E-state index in [1.54, 1.807) is 7.16 Å². The quantitative estimate of drug-likeness (QED) is 0.442. The Bertz CT molecular complexity index is 388. The first kappa shape index (κ1) is 16.0. The second-order valence-electron chi connectivity index (χ2n) is 4.31. The van der Waals surface area contributed by atoms with Gasteiger partial charge < -0.3 is 24.0 Å². The molecule has 0 unspecified atom stereocenters. The van der Waals surface area contributed by atoms with Gasteiger partial charge in [-0.05, 0) is 0 Å². The summed E-state index contributed by atoms with van der Waals surface area (Å²) in [5.74, 6) is 0. The Balaban J connectivity index is 0.00000162. The molecule has 0 amide bonds. The van der Waals surface area contributed by atoms with Gasteiger partial charge in [0, 0.05) is 0 Å². The van der Waals surface area contributed by atoms with Crippen LogP contribution in [-0.4, -0.2) is 19.8 Å². The molecule has 0 radical (unpaired) electrons. The summed E-state index contributed by atoms with van der Waals surface area (Å²) in [6, 6.07) is 22.3. The Hall–Kier alpha value is -0.0313. The molecular formula is C16H19ISn. The molecule has 2 rings (SSSR count). The monoisotopic (exact) mass is 458 g/mol. The van der Waals surface area contributed by atoms with Crippen molar-refractivity contribution in [3.05, 3.63) is 60.7 Å². The largest absolute Gasteiger partial charge is 1.00 e. The maximum Gasteiger partial charge on any atom is -1.00 e. The van der Waals surface area contributed by atoms with Gasteiger partial charge in [0.15, 0.2) is 0 Å². The smallest absolute Gasteiger partial charge is 1.00 e. The van der Waals surface area contributed by atoms with Crippen LogP contribution in [0.4, 0.5) is 0 Å². The fourth-order valence-corrected chi connectivity index (χ4v) is 10.1. The number of rotatable bonds is 5. The van der Waals surface area contributed by atoms with Gasteiger partial charge in [0.2, 0.25) is 0 Å². The summed E-state index contributed by atoms with van der Waals surface area (Å²) in [6.45, 7) is 2.29. The third kappa shape index (κ3) is 4.57. The molecule has 0 aliphatic carbocycles. The van der Waals surface area contributed by atoms with Crippen molar-refractivity contribution in [2.45, 2.75) is 24.2 Å². The van der Waals surface area contributed by atoms with E-state index in [1.165, 1.54) is 17.3 Å². The van der Waals surface area contributed by atoms with Gasteiger partial charge in [-0.1, -0.05) is 0 Å². The third-order valence-corrected chi connectivity index (χ3v) is 11.3. The molecule has 2 aromatic rings. The molecule has 0 spiro atoms. The minimum Gasteiger partial charge on any atom is -1.00 e. The van der Waals surface area contributed by atoms with Crippen molar-refractivity contribution in [3.8, 4) is 0 Å². The predicted molar refractivity (Wildman–Crippen MR) is 77.6 cm³/mol. The first-order chi connectivity index (χ1) is 8.42. The van der Waals surface area contributed by atoms with E-state index in [4.69, 9.17) is 0 Å². The third-order valence-electron chi connectivity index (χ3n) is 3.02. The number of unbranched alkanes of at least 4 members (excludes halogenated alkanes) is 1. The van der Waals surface area contributed by atoms with Gasteiger partial charge in [0.05, 0.1) is 0 Å². The molecule has 0 aromatic heterocycles. The second-order valence-corrected chi connectivity index (χ2v) is 11.8. The number of halogens is 1. The molecule has 2 heteroatoms. The first-order valence-corrected chi connectivity index (χ1v) is 11.3. The van der Waals surface area contributed by atoms with Crippen LogP contribution in [0.15, 0.2) is 60.7 Å². The average Bonchev–Trinajstić information content (AvgIpc) is 2.42. The first-order valence-electron chi connectivity index (χ1n) is 6.38. The van der Waals surface area contributed by atoms with Gasteiger partial charge in [-0.3, -0.25) is 0 Å². The van der Waals surface area contributed by atoms with Crippen LogP contribution in [-0.2, 0) is 0 Å². The van der Waals surface area contributed by atoms with Crippen molar-refractivity contribution in [3.63, 3.8) is 0 Å². The van der Waals surface area contributed by atoms with Gasteiger partial charge in [0.1, 0.15) is 0 Å². The summed E-state index contributed by atoms with van der Waals surface area (Å²) in [6.07, 6.45) is 2.68. The van der Waals surface area contributed by atoms with Gasteiger partial charge in [0.25, 0.3) is 0 Å². The van der Waals surface area contributed by atoms with Gasteiger partial charge in [-0.15, -0.1) is 0 Å². The van der Waals surface area contributed by atoms with Gasteiger partial charge in [-0.25, -0.2) is 0 Å². The molecule has 2 aromatic carbocycles. The van der Waals surface area contributed by atoms with Crippen molar-refractivity contribution in [2.24, 2.45) is 0 Å². The van der Waals surface area contributed by atoms with Crippen molar-refractivity contribution in [1.82, 2.24) is 0 Å². The zero-order chi connectivity index (χ0) is 11.9. The van der Waals surface area contributed by atoms with Crippen LogP contribution in [0.2, 0.25) is 4.44 Å². The minimum absolute atomic E-state index is 0. The van der Waals surface area contributed by atoms with Crippen LogP contribution in [0.5, 0.6) is 0 Å². The molecule has 0 heterocycles. The van der Waals surface area contributed by atoms with E-state index in [9.17, 15) is 0 Å². The molecule has 0 saturated heterocycles. The van der Waals surface area contributed by atoms with E-state index in [0.717, 1.165) is 0 Å². The summed E-state index contributed by atoms with van der Waals surface area (Å²) in [5.41, 5.74) is 0. The van der Waals surface area contributed by atoms with E-state index >= 15 is 0 Å². The normalized spacial score (nSPS) is 9.61. The maximum atomic E-state index is 2.33.